The van der Waals surface area contributed by atoms with Crippen molar-refractivity contribution in [1.82, 2.24) is 4.90 Å². The summed E-state index contributed by atoms with van der Waals surface area (Å²) in [5, 5.41) is 2.74. The molecule has 2 heterocycles. The number of carbonyl (C=O) groups excluding carboxylic acids is 2. The Kier molecular flexibility index (Phi) is 5.80. The van der Waals surface area contributed by atoms with Crippen molar-refractivity contribution < 1.29 is 23.8 Å². The third-order valence-electron chi connectivity index (χ3n) is 4.69. The van der Waals surface area contributed by atoms with Gasteiger partial charge in [0.1, 0.15) is 11.0 Å². The van der Waals surface area contributed by atoms with E-state index in [1.165, 1.54) is 11.8 Å². The predicted molar refractivity (Wildman–Crippen MR) is 115 cm³/mol. The molecule has 9 heteroatoms. The Morgan fingerprint density at radius 2 is 2.07 bits per heavy atom. The average molecular weight is 427 g/mol. The van der Waals surface area contributed by atoms with Crippen LogP contribution in [0.4, 0.5) is 11.4 Å². The summed E-state index contributed by atoms with van der Waals surface area (Å²) < 4.78 is 16.0. The van der Waals surface area contributed by atoms with Gasteiger partial charge in [-0.25, -0.2) is 4.99 Å². The Morgan fingerprint density at radius 3 is 2.87 bits per heavy atom. The summed E-state index contributed by atoms with van der Waals surface area (Å²) >= 11 is 1.27. The van der Waals surface area contributed by atoms with Crippen molar-refractivity contribution in [1.29, 1.82) is 0 Å². The Labute approximate surface area is 178 Å². The standard InChI is InChI=1S/C21H21N3O5S/c1-3-24-19(25)11-18(20(26)23-14-6-4-5-7-15(14)27-2)30-21(24)22-13-8-9-16-17(10-13)29-12-28-16/h4-10,18H,3,11-12H2,1-2H3,(H,23,26)/t18-/m1/s1. The number of hydrogen-bond donors (Lipinski definition) is 1. The van der Waals surface area contributed by atoms with Crippen LogP contribution in [0.2, 0.25) is 0 Å². The number of ether oxygens (including phenoxy) is 3. The van der Waals surface area contributed by atoms with Crippen LogP contribution in [0.5, 0.6) is 17.2 Å². The molecule has 2 aliphatic heterocycles. The monoisotopic (exact) mass is 427 g/mol. The number of amides is 2. The molecule has 0 spiro atoms. The Bertz CT molecular complexity index is 1010. The summed E-state index contributed by atoms with van der Waals surface area (Å²) in [5.74, 6) is 1.41. The summed E-state index contributed by atoms with van der Waals surface area (Å²) in [7, 11) is 1.54. The number of para-hydroxylation sites is 2. The van der Waals surface area contributed by atoms with Gasteiger partial charge in [-0.05, 0) is 31.2 Å². The quantitative estimate of drug-likeness (QED) is 0.787. The lowest BCUT2D eigenvalue weighted by atomic mass is 10.2. The van der Waals surface area contributed by atoms with E-state index in [9.17, 15) is 9.59 Å². The molecule has 2 aliphatic rings. The number of rotatable bonds is 5. The molecule has 1 atom stereocenters. The minimum absolute atomic E-state index is 0.0969. The van der Waals surface area contributed by atoms with Crippen LogP contribution in [-0.2, 0) is 9.59 Å². The Hall–Kier alpha value is -3.20. The number of anilines is 1. The SMILES string of the molecule is CCN1C(=O)C[C@H](C(=O)Nc2ccccc2OC)SC1=Nc1ccc2c(c1)OCO2. The average Bonchev–Trinajstić information content (AvgIpc) is 3.22. The van der Waals surface area contributed by atoms with Crippen molar-refractivity contribution in [2.24, 2.45) is 4.99 Å². The lowest BCUT2D eigenvalue weighted by Gasteiger charge is -2.31. The molecule has 0 saturated carbocycles. The van der Waals surface area contributed by atoms with Gasteiger partial charge in [0, 0.05) is 19.0 Å². The van der Waals surface area contributed by atoms with Gasteiger partial charge >= 0.3 is 0 Å². The van der Waals surface area contributed by atoms with Gasteiger partial charge in [0.25, 0.3) is 0 Å². The van der Waals surface area contributed by atoms with Crippen LogP contribution in [0.3, 0.4) is 0 Å². The Morgan fingerprint density at radius 1 is 1.27 bits per heavy atom. The molecule has 0 bridgehead atoms. The first-order chi connectivity index (χ1) is 14.6. The zero-order valence-electron chi connectivity index (χ0n) is 16.6. The number of methoxy groups -OCH3 is 1. The highest BCUT2D eigenvalue weighted by Crippen LogP contribution is 2.37. The van der Waals surface area contributed by atoms with Crippen molar-refractivity contribution in [3.63, 3.8) is 0 Å². The molecule has 4 rings (SSSR count). The van der Waals surface area contributed by atoms with E-state index in [-0.39, 0.29) is 25.0 Å². The van der Waals surface area contributed by atoms with Crippen LogP contribution in [0.1, 0.15) is 13.3 Å². The molecule has 0 aliphatic carbocycles. The minimum Gasteiger partial charge on any atom is -0.495 e. The molecule has 8 nitrogen and oxygen atoms in total. The predicted octanol–water partition coefficient (Wildman–Crippen LogP) is 3.40. The van der Waals surface area contributed by atoms with Crippen molar-refractivity contribution in [3.05, 3.63) is 42.5 Å². The third-order valence-corrected chi connectivity index (χ3v) is 5.88. The third kappa shape index (κ3) is 4.06. The summed E-state index contributed by atoms with van der Waals surface area (Å²) in [4.78, 5) is 31.8. The van der Waals surface area contributed by atoms with Crippen LogP contribution in [-0.4, -0.2) is 47.6 Å². The number of nitrogens with one attached hydrogen (secondary N) is 1. The van der Waals surface area contributed by atoms with Gasteiger partial charge in [0.15, 0.2) is 16.7 Å². The fraction of sp³-hybridized carbons (Fsp3) is 0.286. The van der Waals surface area contributed by atoms with Crippen LogP contribution >= 0.6 is 11.8 Å². The fourth-order valence-electron chi connectivity index (χ4n) is 3.18. The van der Waals surface area contributed by atoms with E-state index in [1.54, 1.807) is 42.3 Å². The van der Waals surface area contributed by atoms with Crippen molar-refractivity contribution >= 4 is 40.1 Å². The minimum atomic E-state index is -0.599. The second kappa shape index (κ2) is 8.66. The maximum atomic E-state index is 12.9. The molecule has 0 aromatic heterocycles. The van der Waals surface area contributed by atoms with Gasteiger partial charge in [-0.3, -0.25) is 14.5 Å². The summed E-state index contributed by atoms with van der Waals surface area (Å²) in [6, 6.07) is 12.5. The van der Waals surface area contributed by atoms with Gasteiger partial charge in [0.05, 0.1) is 18.5 Å². The van der Waals surface area contributed by atoms with Gasteiger partial charge in [-0.2, -0.15) is 0 Å². The number of nitrogens with zero attached hydrogens (tertiary/aromatic N) is 2. The summed E-state index contributed by atoms with van der Waals surface area (Å²) in [6.07, 6.45) is 0.0969. The molecule has 1 fully saturated rings. The first-order valence-corrected chi connectivity index (χ1v) is 10.4. The molecule has 2 aromatic rings. The van der Waals surface area contributed by atoms with Crippen molar-refractivity contribution in [2.75, 3.05) is 25.8 Å². The van der Waals surface area contributed by atoms with Crippen LogP contribution in [0.15, 0.2) is 47.5 Å². The maximum Gasteiger partial charge on any atom is 0.238 e. The highest BCUT2D eigenvalue weighted by molar-refractivity contribution is 8.15. The lowest BCUT2D eigenvalue weighted by Crippen LogP contribution is -2.45. The van der Waals surface area contributed by atoms with Gasteiger partial charge in [0.2, 0.25) is 18.6 Å². The van der Waals surface area contributed by atoms with E-state index in [0.29, 0.717) is 40.3 Å². The van der Waals surface area contributed by atoms with Crippen LogP contribution < -0.4 is 19.5 Å². The maximum absolute atomic E-state index is 12.9. The zero-order chi connectivity index (χ0) is 21.1. The summed E-state index contributed by atoms with van der Waals surface area (Å²) in [6.45, 7) is 2.52. The first kappa shape index (κ1) is 20.1. The van der Waals surface area contributed by atoms with E-state index < -0.39 is 5.25 Å². The van der Waals surface area contributed by atoms with Crippen LogP contribution in [0.25, 0.3) is 0 Å². The molecular formula is C21H21N3O5S. The number of amidine groups is 1. The van der Waals surface area contributed by atoms with Gasteiger partial charge in [-0.15, -0.1) is 0 Å². The molecule has 1 saturated heterocycles. The van der Waals surface area contributed by atoms with E-state index in [1.807, 2.05) is 19.1 Å². The normalized spacial score (nSPS) is 19.1. The highest BCUT2D eigenvalue weighted by atomic mass is 32.2. The molecule has 156 valence electrons. The second-order valence-corrected chi connectivity index (χ2v) is 7.74. The summed E-state index contributed by atoms with van der Waals surface area (Å²) in [5.41, 5.74) is 1.18. The van der Waals surface area contributed by atoms with Gasteiger partial charge < -0.3 is 19.5 Å². The lowest BCUT2D eigenvalue weighted by molar-refractivity contribution is -0.129. The number of carbonyl (C=O) groups is 2. The molecule has 30 heavy (non-hydrogen) atoms. The van der Waals surface area contributed by atoms with E-state index in [2.05, 4.69) is 10.3 Å². The van der Waals surface area contributed by atoms with Crippen molar-refractivity contribution in [3.8, 4) is 17.2 Å². The topological polar surface area (TPSA) is 89.5 Å². The number of fused-ring (bicyclic) bond motifs is 1. The molecule has 0 unspecified atom stereocenters. The van der Waals surface area contributed by atoms with E-state index in [0.717, 1.165) is 0 Å². The first-order valence-electron chi connectivity index (χ1n) is 9.48. The number of hydrogen-bond acceptors (Lipinski definition) is 7. The number of benzene rings is 2. The second-order valence-electron chi connectivity index (χ2n) is 6.57. The molecule has 0 radical (unpaired) electrons. The largest absolute Gasteiger partial charge is 0.495 e. The smallest absolute Gasteiger partial charge is 0.238 e. The number of aliphatic imine (C=N–C) groups is 1. The van der Waals surface area contributed by atoms with Crippen molar-refractivity contribution in [2.45, 2.75) is 18.6 Å². The highest BCUT2D eigenvalue weighted by Gasteiger charge is 2.35. The van der Waals surface area contributed by atoms with Crippen LogP contribution in [0, 0.1) is 0 Å². The van der Waals surface area contributed by atoms with E-state index in [4.69, 9.17) is 14.2 Å². The fourth-order valence-corrected chi connectivity index (χ4v) is 4.34. The van der Waals surface area contributed by atoms with Gasteiger partial charge in [-0.1, -0.05) is 23.9 Å². The Balaban J connectivity index is 1.56. The molecule has 2 aromatic carbocycles. The molecule has 1 N–H and O–H groups in total. The molecular weight excluding hydrogens is 406 g/mol. The number of thioether (sulfide) groups is 1. The zero-order valence-corrected chi connectivity index (χ0v) is 17.4. The molecule has 2 amide bonds. The van der Waals surface area contributed by atoms with E-state index >= 15 is 0 Å².